The van der Waals surface area contributed by atoms with Crippen molar-refractivity contribution in [3.05, 3.63) is 76.7 Å². The SMILES string of the molecule is Cc1onc(C(C)C)c1C(=O)N1Cc2ccccc2NCc2ccccc2OC[C@@H]1CC(C)C. The molecule has 0 saturated heterocycles. The highest BCUT2D eigenvalue weighted by atomic mass is 16.5. The quantitative estimate of drug-likeness (QED) is 0.503. The predicted molar refractivity (Wildman–Crippen MR) is 134 cm³/mol. The number of carbonyl (C=O) groups is 1. The third-order valence-electron chi connectivity index (χ3n) is 6.33. The second-order valence-electron chi connectivity index (χ2n) is 9.80. The van der Waals surface area contributed by atoms with Gasteiger partial charge >= 0.3 is 0 Å². The topological polar surface area (TPSA) is 67.6 Å². The van der Waals surface area contributed by atoms with E-state index in [1.54, 1.807) is 0 Å². The van der Waals surface area contributed by atoms with Crippen molar-refractivity contribution in [1.82, 2.24) is 10.1 Å². The summed E-state index contributed by atoms with van der Waals surface area (Å²) in [6.07, 6.45) is 0.824. The van der Waals surface area contributed by atoms with Crippen LogP contribution in [0.2, 0.25) is 0 Å². The molecule has 1 aliphatic rings. The van der Waals surface area contributed by atoms with Crippen LogP contribution in [0.4, 0.5) is 5.69 Å². The third kappa shape index (κ3) is 5.11. The van der Waals surface area contributed by atoms with Crippen molar-refractivity contribution in [3.8, 4) is 5.75 Å². The van der Waals surface area contributed by atoms with Gasteiger partial charge in [-0.05, 0) is 42.9 Å². The van der Waals surface area contributed by atoms with Crippen molar-refractivity contribution in [3.63, 3.8) is 0 Å². The Labute approximate surface area is 202 Å². The molecule has 0 spiro atoms. The molecule has 2 aromatic carbocycles. The highest BCUT2D eigenvalue weighted by molar-refractivity contribution is 5.96. The molecule has 1 N–H and O–H groups in total. The van der Waals surface area contributed by atoms with Crippen LogP contribution in [0.1, 0.15) is 73.0 Å². The van der Waals surface area contributed by atoms with Gasteiger partial charge in [0.25, 0.3) is 5.91 Å². The molecule has 6 nitrogen and oxygen atoms in total. The predicted octanol–water partition coefficient (Wildman–Crippen LogP) is 6.17. The van der Waals surface area contributed by atoms with E-state index in [1.807, 2.05) is 56.0 Å². The Morgan fingerprint density at radius 1 is 1.09 bits per heavy atom. The zero-order valence-corrected chi connectivity index (χ0v) is 20.8. The van der Waals surface area contributed by atoms with E-state index in [0.29, 0.717) is 42.6 Å². The molecule has 0 saturated carbocycles. The Morgan fingerprint density at radius 2 is 1.79 bits per heavy atom. The van der Waals surface area contributed by atoms with Gasteiger partial charge in [-0.2, -0.15) is 0 Å². The monoisotopic (exact) mass is 461 g/mol. The largest absolute Gasteiger partial charge is 0.491 e. The maximum absolute atomic E-state index is 14.2. The van der Waals surface area contributed by atoms with E-state index in [0.717, 1.165) is 29.0 Å². The van der Waals surface area contributed by atoms with Gasteiger partial charge in [0, 0.05) is 24.3 Å². The van der Waals surface area contributed by atoms with Gasteiger partial charge in [-0.1, -0.05) is 69.2 Å². The molecule has 0 aliphatic carbocycles. The van der Waals surface area contributed by atoms with Gasteiger partial charge < -0.3 is 19.5 Å². The van der Waals surface area contributed by atoms with Gasteiger partial charge in [0.2, 0.25) is 0 Å². The van der Waals surface area contributed by atoms with Crippen molar-refractivity contribution in [1.29, 1.82) is 0 Å². The summed E-state index contributed by atoms with van der Waals surface area (Å²) in [5.41, 5.74) is 4.47. The first-order valence-electron chi connectivity index (χ1n) is 12.1. The van der Waals surface area contributed by atoms with Crippen molar-refractivity contribution in [2.45, 2.75) is 66.1 Å². The number of amides is 1. The number of fused-ring (bicyclic) bond motifs is 2. The maximum Gasteiger partial charge on any atom is 0.260 e. The molecule has 1 aliphatic heterocycles. The van der Waals surface area contributed by atoms with Gasteiger partial charge in [-0.25, -0.2) is 0 Å². The minimum absolute atomic E-state index is 0.0564. The van der Waals surface area contributed by atoms with Crippen molar-refractivity contribution in [2.75, 3.05) is 11.9 Å². The van der Waals surface area contributed by atoms with Crippen molar-refractivity contribution in [2.24, 2.45) is 5.92 Å². The molecule has 0 radical (unpaired) electrons. The highest BCUT2D eigenvalue weighted by Crippen LogP contribution is 2.30. The van der Waals surface area contributed by atoms with Gasteiger partial charge in [0.15, 0.2) is 0 Å². The Kier molecular flexibility index (Phi) is 7.25. The van der Waals surface area contributed by atoms with Crippen LogP contribution in [-0.4, -0.2) is 28.6 Å². The molecule has 1 amide bonds. The molecule has 0 fully saturated rings. The number of rotatable bonds is 4. The molecule has 6 heteroatoms. The molecule has 0 bridgehead atoms. The van der Waals surface area contributed by atoms with Gasteiger partial charge in [0.05, 0.1) is 11.7 Å². The molecule has 2 heterocycles. The number of ether oxygens (including phenoxy) is 1. The first kappa shape index (κ1) is 23.9. The number of anilines is 1. The van der Waals surface area contributed by atoms with Crippen LogP contribution in [0, 0.1) is 12.8 Å². The minimum Gasteiger partial charge on any atom is -0.491 e. The van der Waals surface area contributed by atoms with E-state index in [9.17, 15) is 4.79 Å². The maximum atomic E-state index is 14.2. The lowest BCUT2D eigenvalue weighted by Crippen LogP contribution is -2.44. The Bertz CT molecular complexity index is 1140. The molecule has 34 heavy (non-hydrogen) atoms. The van der Waals surface area contributed by atoms with Crippen molar-refractivity contribution < 1.29 is 14.1 Å². The van der Waals surface area contributed by atoms with Gasteiger partial charge in [-0.3, -0.25) is 4.79 Å². The summed E-state index contributed by atoms with van der Waals surface area (Å²) >= 11 is 0. The van der Waals surface area contributed by atoms with E-state index in [4.69, 9.17) is 9.26 Å². The van der Waals surface area contributed by atoms with Crippen molar-refractivity contribution >= 4 is 11.6 Å². The van der Waals surface area contributed by atoms with E-state index in [-0.39, 0.29) is 17.9 Å². The molecule has 180 valence electrons. The number of nitrogens with zero attached hydrogens (tertiary/aromatic N) is 2. The first-order chi connectivity index (χ1) is 16.3. The van der Waals surface area contributed by atoms with Crippen LogP contribution in [0.3, 0.4) is 0 Å². The second kappa shape index (κ2) is 10.3. The van der Waals surface area contributed by atoms with E-state index in [1.165, 1.54) is 0 Å². The number of carbonyl (C=O) groups excluding carboxylic acids is 1. The molecule has 4 rings (SSSR count). The molecule has 0 unspecified atom stereocenters. The normalized spacial score (nSPS) is 16.3. The minimum atomic E-state index is -0.110. The first-order valence-corrected chi connectivity index (χ1v) is 12.1. The lowest BCUT2D eigenvalue weighted by atomic mass is 9.98. The molecule has 1 atom stereocenters. The van der Waals surface area contributed by atoms with E-state index < -0.39 is 0 Å². The smallest absolute Gasteiger partial charge is 0.260 e. The zero-order valence-electron chi connectivity index (χ0n) is 20.8. The van der Waals surface area contributed by atoms with Crippen LogP contribution in [0.15, 0.2) is 53.1 Å². The van der Waals surface area contributed by atoms with Crippen LogP contribution >= 0.6 is 0 Å². The zero-order chi connectivity index (χ0) is 24.2. The Hall–Kier alpha value is -3.28. The fourth-order valence-electron chi connectivity index (χ4n) is 4.56. The van der Waals surface area contributed by atoms with Crippen LogP contribution in [0.25, 0.3) is 0 Å². The number of nitrogens with one attached hydrogen (secondary N) is 1. The average molecular weight is 462 g/mol. The highest BCUT2D eigenvalue weighted by Gasteiger charge is 2.32. The number of benzene rings is 2. The van der Waals surface area contributed by atoms with Gasteiger partial charge in [0.1, 0.15) is 23.7 Å². The fraction of sp³-hybridized carbons (Fsp3) is 0.429. The van der Waals surface area contributed by atoms with Crippen LogP contribution in [0.5, 0.6) is 5.75 Å². The lowest BCUT2D eigenvalue weighted by Gasteiger charge is -2.33. The summed E-state index contributed by atoms with van der Waals surface area (Å²) < 4.78 is 11.8. The van der Waals surface area contributed by atoms with Crippen LogP contribution in [-0.2, 0) is 13.1 Å². The number of hydrogen-bond donors (Lipinski definition) is 1. The fourth-order valence-corrected chi connectivity index (χ4v) is 4.56. The van der Waals surface area contributed by atoms with Gasteiger partial charge in [-0.15, -0.1) is 0 Å². The van der Waals surface area contributed by atoms with E-state index in [2.05, 4.69) is 42.5 Å². The molecule has 1 aromatic heterocycles. The molecular formula is C28H35N3O3. The second-order valence-corrected chi connectivity index (χ2v) is 9.80. The lowest BCUT2D eigenvalue weighted by molar-refractivity contribution is 0.0555. The Balaban J connectivity index is 1.81. The molecular weight excluding hydrogens is 426 g/mol. The summed E-state index contributed by atoms with van der Waals surface area (Å²) in [6, 6.07) is 16.2. The van der Waals surface area contributed by atoms with E-state index >= 15 is 0 Å². The third-order valence-corrected chi connectivity index (χ3v) is 6.33. The summed E-state index contributed by atoms with van der Waals surface area (Å²) in [5, 5.41) is 7.77. The summed E-state index contributed by atoms with van der Waals surface area (Å²) in [7, 11) is 0. The Morgan fingerprint density at radius 3 is 2.53 bits per heavy atom. The standard InChI is InChI=1S/C28H35N3O3/c1-18(2)14-23-17-33-25-13-9-7-10-21(25)15-29-24-12-8-6-11-22(24)16-31(23)28(32)26-20(5)34-30-27(26)19(3)4/h6-13,18-19,23,29H,14-17H2,1-5H3/t23-/m0/s1. The van der Waals surface area contributed by atoms with Crippen LogP contribution < -0.4 is 10.1 Å². The average Bonchev–Trinajstić information content (AvgIpc) is 3.19. The number of aromatic nitrogens is 1. The summed E-state index contributed by atoms with van der Waals surface area (Å²) in [6.45, 7) is 11.8. The summed E-state index contributed by atoms with van der Waals surface area (Å²) in [5.74, 6) is 1.83. The number of aryl methyl sites for hydroxylation is 1. The number of hydrogen-bond acceptors (Lipinski definition) is 5. The summed E-state index contributed by atoms with van der Waals surface area (Å²) in [4.78, 5) is 16.1. The molecule has 3 aromatic rings. The number of para-hydroxylation sites is 2.